The third-order valence-electron chi connectivity index (χ3n) is 5.30. The summed E-state index contributed by atoms with van der Waals surface area (Å²) in [6.07, 6.45) is 0.381. The highest BCUT2D eigenvalue weighted by Gasteiger charge is 2.30. The Bertz CT molecular complexity index is 1120. The number of rotatable bonds is 10. The smallest absolute Gasteiger partial charge is 0.261 e. The van der Waals surface area contributed by atoms with E-state index in [9.17, 15) is 9.59 Å². The first kappa shape index (κ1) is 25.6. The van der Waals surface area contributed by atoms with Crippen molar-refractivity contribution in [1.29, 1.82) is 0 Å². The van der Waals surface area contributed by atoms with Gasteiger partial charge in [0.15, 0.2) is 6.61 Å². The van der Waals surface area contributed by atoms with Crippen LogP contribution in [0.4, 0.5) is 0 Å². The van der Waals surface area contributed by atoms with Gasteiger partial charge in [-0.3, -0.25) is 9.59 Å². The third-order valence-corrected chi connectivity index (χ3v) is 5.83. The molecule has 178 valence electrons. The average molecular weight is 499 g/mol. The quantitative estimate of drug-likeness (QED) is 0.403. The molecule has 5 nitrogen and oxygen atoms in total. The molecule has 0 heterocycles. The number of ether oxygens (including phenoxy) is 1. The Morgan fingerprint density at radius 3 is 2.38 bits per heavy atom. The number of benzene rings is 3. The second-order valence-corrected chi connectivity index (χ2v) is 8.82. The summed E-state index contributed by atoms with van der Waals surface area (Å²) in [4.78, 5) is 28.2. The minimum absolute atomic E-state index is 0.211. The Morgan fingerprint density at radius 1 is 0.971 bits per heavy atom. The number of hydrogen-bond acceptors (Lipinski definition) is 3. The Morgan fingerprint density at radius 2 is 1.71 bits per heavy atom. The molecule has 0 unspecified atom stereocenters. The second-order valence-electron chi connectivity index (χ2n) is 7.97. The molecule has 0 aliphatic carbocycles. The van der Waals surface area contributed by atoms with Gasteiger partial charge in [-0.25, -0.2) is 0 Å². The number of nitrogens with one attached hydrogen (secondary N) is 1. The summed E-state index contributed by atoms with van der Waals surface area (Å²) >= 11 is 12.2. The predicted molar refractivity (Wildman–Crippen MR) is 136 cm³/mol. The number of nitrogens with zero attached hydrogens (tertiary/aromatic N) is 1. The van der Waals surface area contributed by atoms with Gasteiger partial charge >= 0.3 is 0 Å². The number of halogens is 2. The van der Waals surface area contributed by atoms with E-state index in [-0.39, 0.29) is 25.0 Å². The normalized spacial score (nSPS) is 11.5. The zero-order valence-electron chi connectivity index (χ0n) is 19.3. The number of aryl methyl sites for hydroxylation is 1. The molecule has 3 rings (SSSR count). The molecule has 0 aromatic heterocycles. The fourth-order valence-electron chi connectivity index (χ4n) is 3.67. The summed E-state index contributed by atoms with van der Waals surface area (Å²) in [5.41, 5.74) is 2.97. The molecule has 0 aliphatic rings. The van der Waals surface area contributed by atoms with Crippen LogP contribution in [0.15, 0.2) is 72.8 Å². The molecule has 0 bridgehead atoms. The highest BCUT2D eigenvalue weighted by Crippen LogP contribution is 2.27. The lowest BCUT2D eigenvalue weighted by Crippen LogP contribution is -2.51. The maximum Gasteiger partial charge on any atom is 0.261 e. The van der Waals surface area contributed by atoms with Gasteiger partial charge < -0.3 is 15.0 Å². The van der Waals surface area contributed by atoms with E-state index in [1.807, 2.05) is 68.4 Å². The zero-order valence-corrected chi connectivity index (χ0v) is 20.8. The number of likely N-dealkylation sites (N-methyl/N-ethyl adjacent to an activating group) is 1. The lowest BCUT2D eigenvalue weighted by molar-refractivity contribution is -0.142. The molecular formula is C27H28Cl2N2O3. The highest BCUT2D eigenvalue weighted by atomic mass is 35.5. The van der Waals surface area contributed by atoms with Crippen LogP contribution in [0.5, 0.6) is 5.75 Å². The van der Waals surface area contributed by atoms with Crippen LogP contribution in [0.3, 0.4) is 0 Å². The van der Waals surface area contributed by atoms with Crippen molar-refractivity contribution in [3.8, 4) is 5.75 Å². The fourth-order valence-corrected chi connectivity index (χ4v) is 4.13. The van der Waals surface area contributed by atoms with Crippen molar-refractivity contribution < 1.29 is 14.3 Å². The lowest BCUT2D eigenvalue weighted by Gasteiger charge is -2.31. The van der Waals surface area contributed by atoms with Gasteiger partial charge in [0.1, 0.15) is 11.8 Å². The molecular weight excluding hydrogens is 471 g/mol. The van der Waals surface area contributed by atoms with E-state index in [0.29, 0.717) is 28.8 Å². The monoisotopic (exact) mass is 498 g/mol. The first-order valence-corrected chi connectivity index (χ1v) is 11.9. The molecule has 1 N–H and O–H groups in total. The zero-order chi connectivity index (χ0) is 24.5. The van der Waals surface area contributed by atoms with Crippen molar-refractivity contribution in [3.05, 3.63) is 99.5 Å². The molecule has 3 aromatic carbocycles. The van der Waals surface area contributed by atoms with Crippen LogP contribution in [0.2, 0.25) is 10.0 Å². The topological polar surface area (TPSA) is 58.6 Å². The summed E-state index contributed by atoms with van der Waals surface area (Å²) in [6.45, 7) is 4.32. The standard InChI is InChI=1S/C27H28Cl2N2O3/c1-3-30-27(33)24(15-20-9-5-4-6-10-20)31(17-21-11-7-8-19(2)14-21)26(32)18-34-25-13-12-22(28)16-23(25)29/h4-14,16,24H,3,15,17-18H2,1-2H3,(H,30,33)/t24-/m0/s1. The van der Waals surface area contributed by atoms with Gasteiger partial charge in [-0.15, -0.1) is 0 Å². The molecule has 0 saturated heterocycles. The molecule has 0 radical (unpaired) electrons. The molecule has 3 aromatic rings. The van der Waals surface area contributed by atoms with Crippen molar-refractivity contribution in [2.45, 2.75) is 32.9 Å². The largest absolute Gasteiger partial charge is 0.482 e. The number of amides is 2. The van der Waals surface area contributed by atoms with Gasteiger partial charge in [0, 0.05) is 24.5 Å². The Hall–Kier alpha value is -3.02. The Balaban J connectivity index is 1.90. The van der Waals surface area contributed by atoms with Gasteiger partial charge in [-0.1, -0.05) is 83.4 Å². The summed E-state index contributed by atoms with van der Waals surface area (Å²) in [5.74, 6) is -0.177. The first-order valence-electron chi connectivity index (χ1n) is 11.1. The summed E-state index contributed by atoms with van der Waals surface area (Å²) in [7, 11) is 0. The van der Waals surface area contributed by atoms with Gasteiger partial charge in [-0.2, -0.15) is 0 Å². The van der Waals surface area contributed by atoms with E-state index in [1.165, 1.54) is 0 Å². The van der Waals surface area contributed by atoms with Crippen molar-refractivity contribution in [3.63, 3.8) is 0 Å². The molecule has 1 atom stereocenters. The predicted octanol–water partition coefficient (Wildman–Crippen LogP) is 5.46. The van der Waals surface area contributed by atoms with Gasteiger partial charge in [0.25, 0.3) is 5.91 Å². The minimum atomic E-state index is -0.709. The number of hydrogen-bond donors (Lipinski definition) is 1. The van der Waals surface area contributed by atoms with Crippen LogP contribution in [0.1, 0.15) is 23.6 Å². The van der Waals surface area contributed by atoms with Crippen LogP contribution < -0.4 is 10.1 Å². The maximum absolute atomic E-state index is 13.5. The molecule has 7 heteroatoms. The Labute approximate surface area is 210 Å². The highest BCUT2D eigenvalue weighted by molar-refractivity contribution is 6.35. The summed E-state index contributed by atoms with van der Waals surface area (Å²) in [5, 5.41) is 3.67. The molecule has 0 saturated carbocycles. The molecule has 2 amide bonds. The summed E-state index contributed by atoms with van der Waals surface area (Å²) < 4.78 is 5.72. The SMILES string of the molecule is CCNC(=O)[C@H](Cc1ccccc1)N(Cc1cccc(C)c1)C(=O)COc1ccc(Cl)cc1Cl. The molecule has 34 heavy (non-hydrogen) atoms. The van der Waals surface area contributed by atoms with Crippen LogP contribution in [0, 0.1) is 6.92 Å². The maximum atomic E-state index is 13.5. The van der Waals surface area contributed by atoms with Crippen molar-refractivity contribution in [2.75, 3.05) is 13.2 Å². The van der Waals surface area contributed by atoms with E-state index in [1.54, 1.807) is 23.1 Å². The van der Waals surface area contributed by atoms with E-state index in [2.05, 4.69) is 5.32 Å². The van der Waals surface area contributed by atoms with Crippen LogP contribution in [-0.4, -0.2) is 35.9 Å². The summed E-state index contributed by atoms with van der Waals surface area (Å²) in [6, 6.07) is 21.7. The fraction of sp³-hybridized carbons (Fsp3) is 0.259. The molecule has 0 spiro atoms. The molecule has 0 aliphatic heterocycles. The second kappa shape index (κ2) is 12.4. The van der Waals surface area contributed by atoms with E-state index >= 15 is 0 Å². The van der Waals surface area contributed by atoms with Crippen LogP contribution >= 0.6 is 23.2 Å². The van der Waals surface area contributed by atoms with Crippen LogP contribution in [-0.2, 0) is 22.6 Å². The van der Waals surface area contributed by atoms with E-state index in [4.69, 9.17) is 27.9 Å². The number of carbonyl (C=O) groups excluding carboxylic acids is 2. The van der Waals surface area contributed by atoms with Gasteiger partial charge in [0.05, 0.1) is 5.02 Å². The number of carbonyl (C=O) groups is 2. The third kappa shape index (κ3) is 7.24. The van der Waals surface area contributed by atoms with Crippen LogP contribution in [0.25, 0.3) is 0 Å². The lowest BCUT2D eigenvalue weighted by atomic mass is 10.0. The van der Waals surface area contributed by atoms with E-state index < -0.39 is 6.04 Å². The van der Waals surface area contributed by atoms with Gasteiger partial charge in [0.2, 0.25) is 5.91 Å². The molecule has 0 fully saturated rings. The van der Waals surface area contributed by atoms with Crippen molar-refractivity contribution >= 4 is 35.0 Å². The Kier molecular flexibility index (Phi) is 9.37. The average Bonchev–Trinajstić information content (AvgIpc) is 2.81. The first-order chi connectivity index (χ1) is 16.4. The van der Waals surface area contributed by atoms with Crippen molar-refractivity contribution in [2.24, 2.45) is 0 Å². The van der Waals surface area contributed by atoms with Gasteiger partial charge in [-0.05, 0) is 43.2 Å². The van der Waals surface area contributed by atoms with E-state index in [0.717, 1.165) is 16.7 Å². The minimum Gasteiger partial charge on any atom is -0.482 e. The van der Waals surface area contributed by atoms with Crippen molar-refractivity contribution in [1.82, 2.24) is 10.2 Å².